The van der Waals surface area contributed by atoms with Crippen LogP contribution in [0.1, 0.15) is 5.56 Å². The fourth-order valence-electron chi connectivity index (χ4n) is 9.21. The summed E-state index contributed by atoms with van der Waals surface area (Å²) in [6.45, 7) is 8.69. The van der Waals surface area contributed by atoms with Crippen LogP contribution in [0.4, 0.5) is 5.69 Å². The lowest BCUT2D eigenvalue weighted by Gasteiger charge is -2.16. The zero-order chi connectivity index (χ0) is 40.6. The SMILES string of the molecule is [C-]#[N+]c1cc(-c2nc(-c3cccc4oc5ccccc5c34)nc(-c3ccccc3)c2C#N)ccc1-n1c2ccccc2c2ccc3c4ccccc4n(-c4ccccc4)c3c21. The molecule has 7 nitrogen and oxygen atoms in total. The molecule has 4 aromatic heterocycles. The van der Waals surface area contributed by atoms with Crippen LogP contribution in [0.2, 0.25) is 0 Å². The van der Waals surface area contributed by atoms with E-state index in [9.17, 15) is 5.26 Å². The quantitative estimate of drug-likeness (QED) is 0.163. The van der Waals surface area contributed by atoms with Gasteiger partial charge in [-0.15, -0.1) is 0 Å². The topological polar surface area (TPSA) is 76.9 Å². The largest absolute Gasteiger partial charge is 0.456 e. The number of rotatable bonds is 5. The molecule has 0 fully saturated rings. The van der Waals surface area contributed by atoms with Gasteiger partial charge in [0.15, 0.2) is 5.82 Å². The number of nitriles is 1. The van der Waals surface area contributed by atoms with Crippen molar-refractivity contribution < 1.29 is 4.42 Å². The molecule has 4 heterocycles. The van der Waals surface area contributed by atoms with Crippen LogP contribution < -0.4 is 0 Å². The van der Waals surface area contributed by atoms with Crippen molar-refractivity contribution >= 4 is 71.2 Å². The molecule has 0 atom stereocenters. The molecule has 282 valence electrons. The molecule has 8 aromatic carbocycles. The summed E-state index contributed by atoms with van der Waals surface area (Å²) < 4.78 is 10.8. The highest BCUT2D eigenvalue weighted by molar-refractivity contribution is 6.24. The molecule has 0 amide bonds. The van der Waals surface area contributed by atoms with E-state index in [-0.39, 0.29) is 0 Å². The van der Waals surface area contributed by atoms with Gasteiger partial charge in [0.05, 0.1) is 45.7 Å². The fourth-order valence-corrected chi connectivity index (χ4v) is 9.21. The smallest absolute Gasteiger partial charge is 0.211 e. The van der Waals surface area contributed by atoms with E-state index in [1.165, 1.54) is 0 Å². The lowest BCUT2D eigenvalue weighted by Crippen LogP contribution is -2.02. The summed E-state index contributed by atoms with van der Waals surface area (Å²) in [6.07, 6.45) is 0. The summed E-state index contributed by atoms with van der Waals surface area (Å²) >= 11 is 0. The van der Waals surface area contributed by atoms with Crippen molar-refractivity contribution in [2.45, 2.75) is 0 Å². The first kappa shape index (κ1) is 34.3. The summed E-state index contributed by atoms with van der Waals surface area (Å²) in [5.74, 6) is 0.456. The van der Waals surface area contributed by atoms with Gasteiger partial charge >= 0.3 is 0 Å². The van der Waals surface area contributed by atoms with Gasteiger partial charge in [0, 0.05) is 49.1 Å². The maximum absolute atomic E-state index is 10.9. The Labute approximate surface area is 349 Å². The maximum atomic E-state index is 10.9. The van der Waals surface area contributed by atoms with Crippen LogP contribution in [0, 0.1) is 17.9 Å². The molecule has 7 heteroatoms. The molecule has 0 aliphatic heterocycles. The third kappa shape index (κ3) is 5.08. The second-order valence-corrected chi connectivity index (χ2v) is 15.1. The van der Waals surface area contributed by atoms with Gasteiger partial charge in [-0.2, -0.15) is 5.26 Å². The molecule has 0 N–H and O–H groups in total. The Morgan fingerprint density at radius 1 is 0.525 bits per heavy atom. The fraction of sp³-hybridized carbons (Fsp3) is 0. The second kappa shape index (κ2) is 13.4. The van der Waals surface area contributed by atoms with Gasteiger partial charge in [0.25, 0.3) is 0 Å². The van der Waals surface area contributed by atoms with Gasteiger partial charge in [-0.3, -0.25) is 0 Å². The molecular weight excluding hydrogens is 749 g/mol. The Hall–Kier alpha value is -8.78. The Morgan fingerprint density at radius 3 is 1.82 bits per heavy atom. The summed E-state index contributed by atoms with van der Waals surface area (Å²) in [5.41, 5.74) is 11.4. The van der Waals surface area contributed by atoms with Crippen LogP contribution in [-0.2, 0) is 0 Å². The molecule has 0 aliphatic rings. The molecule has 0 spiro atoms. The first-order valence-electron chi connectivity index (χ1n) is 20.0. The maximum Gasteiger partial charge on any atom is 0.211 e. The summed E-state index contributed by atoms with van der Waals surface area (Å²) in [5, 5.41) is 17.2. The highest BCUT2D eigenvalue weighted by Crippen LogP contribution is 2.45. The van der Waals surface area contributed by atoms with E-state index in [1.807, 2.05) is 103 Å². The van der Waals surface area contributed by atoms with E-state index in [1.54, 1.807) is 0 Å². The average molecular weight is 779 g/mol. The molecule has 0 unspecified atom stereocenters. The van der Waals surface area contributed by atoms with Gasteiger partial charge in [-0.1, -0.05) is 133 Å². The standard InChI is InChI=1S/C54H30N6O/c1-56-43-31-34(51-42(32-55)50(33-15-4-2-5-16-33)57-54(58-51)41-22-14-26-48-49(41)40-21-10-13-25-47(40)61-48)27-30-46(43)60-45-24-12-9-20-37(45)39-29-28-38-36-19-8-11-23-44(36)59(52(38)53(39)60)35-17-6-3-7-18-35/h2-31H. The van der Waals surface area contributed by atoms with E-state index in [4.69, 9.17) is 21.0 Å². The predicted molar refractivity (Wildman–Crippen MR) is 245 cm³/mol. The number of furan rings is 1. The molecule has 0 saturated heterocycles. The van der Waals surface area contributed by atoms with Crippen LogP contribution in [0.3, 0.4) is 0 Å². The molecule has 12 aromatic rings. The van der Waals surface area contributed by atoms with E-state index in [0.717, 1.165) is 88.1 Å². The van der Waals surface area contributed by atoms with Crippen LogP contribution in [0.5, 0.6) is 0 Å². The highest BCUT2D eigenvalue weighted by Gasteiger charge is 2.25. The summed E-state index contributed by atoms with van der Waals surface area (Å²) in [4.78, 5) is 14.5. The van der Waals surface area contributed by atoms with Crippen molar-refractivity contribution in [3.8, 4) is 51.3 Å². The van der Waals surface area contributed by atoms with E-state index in [0.29, 0.717) is 34.0 Å². The minimum Gasteiger partial charge on any atom is -0.456 e. The number of fused-ring (bicyclic) bond motifs is 10. The number of hydrogen-bond acceptors (Lipinski definition) is 4. The van der Waals surface area contributed by atoms with Crippen molar-refractivity contribution in [3.63, 3.8) is 0 Å². The lowest BCUT2D eigenvalue weighted by atomic mass is 9.98. The van der Waals surface area contributed by atoms with Crippen molar-refractivity contribution in [3.05, 3.63) is 199 Å². The number of benzene rings is 8. The summed E-state index contributed by atoms with van der Waals surface area (Å²) in [6, 6.07) is 63.6. The minimum atomic E-state index is 0.328. The first-order valence-corrected chi connectivity index (χ1v) is 20.0. The Morgan fingerprint density at radius 2 is 1.11 bits per heavy atom. The number of nitrogens with zero attached hydrogens (tertiary/aromatic N) is 6. The monoisotopic (exact) mass is 778 g/mol. The van der Waals surface area contributed by atoms with E-state index < -0.39 is 0 Å². The van der Waals surface area contributed by atoms with Gasteiger partial charge in [-0.25, -0.2) is 14.8 Å². The van der Waals surface area contributed by atoms with Gasteiger partial charge in [0.2, 0.25) is 5.69 Å². The number of aromatic nitrogens is 4. The zero-order valence-corrected chi connectivity index (χ0v) is 32.4. The Kier molecular flexibility index (Phi) is 7.52. The molecule has 0 bridgehead atoms. The molecule has 0 radical (unpaired) electrons. The molecular formula is C54H30N6O. The first-order chi connectivity index (χ1) is 30.2. The van der Waals surface area contributed by atoms with Gasteiger partial charge in [-0.05, 0) is 54.1 Å². The Bertz CT molecular complexity index is 3840. The van der Waals surface area contributed by atoms with Crippen LogP contribution >= 0.6 is 0 Å². The van der Waals surface area contributed by atoms with Gasteiger partial charge < -0.3 is 13.6 Å². The third-order valence-corrected chi connectivity index (χ3v) is 11.8. The number of para-hydroxylation sites is 4. The highest BCUT2D eigenvalue weighted by atomic mass is 16.3. The minimum absolute atomic E-state index is 0.328. The van der Waals surface area contributed by atoms with Crippen LogP contribution in [-0.4, -0.2) is 19.1 Å². The average Bonchev–Trinajstić information content (AvgIpc) is 3.99. The van der Waals surface area contributed by atoms with Crippen LogP contribution in [0.25, 0.3) is 116 Å². The summed E-state index contributed by atoms with van der Waals surface area (Å²) in [7, 11) is 0. The van der Waals surface area contributed by atoms with Crippen molar-refractivity contribution in [2.75, 3.05) is 0 Å². The van der Waals surface area contributed by atoms with Gasteiger partial charge in [0.1, 0.15) is 22.8 Å². The second-order valence-electron chi connectivity index (χ2n) is 15.1. The van der Waals surface area contributed by atoms with E-state index >= 15 is 0 Å². The predicted octanol–water partition coefficient (Wildman–Crippen LogP) is 14.0. The van der Waals surface area contributed by atoms with E-state index in [2.05, 4.69) is 98.9 Å². The van der Waals surface area contributed by atoms with Crippen molar-refractivity contribution in [1.29, 1.82) is 5.26 Å². The normalized spacial score (nSPS) is 11.6. The third-order valence-electron chi connectivity index (χ3n) is 11.8. The molecule has 12 rings (SSSR count). The lowest BCUT2D eigenvalue weighted by molar-refractivity contribution is 0.669. The molecule has 0 aliphatic carbocycles. The Balaban J connectivity index is 1.14. The van der Waals surface area contributed by atoms with Crippen molar-refractivity contribution in [2.24, 2.45) is 0 Å². The molecule has 61 heavy (non-hydrogen) atoms. The van der Waals surface area contributed by atoms with Crippen molar-refractivity contribution in [1.82, 2.24) is 19.1 Å². The zero-order valence-electron chi connectivity index (χ0n) is 32.4. The number of hydrogen-bond donors (Lipinski definition) is 0. The molecule has 0 saturated carbocycles. The van der Waals surface area contributed by atoms with Crippen LogP contribution in [0.15, 0.2) is 186 Å².